The first-order valence-corrected chi connectivity index (χ1v) is 7.08. The van der Waals surface area contributed by atoms with E-state index in [0.29, 0.717) is 25.2 Å². The smallest absolute Gasteiger partial charge is 0.257 e. The van der Waals surface area contributed by atoms with E-state index in [4.69, 9.17) is 5.73 Å². The van der Waals surface area contributed by atoms with Crippen molar-refractivity contribution < 1.29 is 9.90 Å². The average Bonchev–Trinajstić information content (AvgIpc) is 2.35. The molecular formula is C14H21BrN2O2. The van der Waals surface area contributed by atoms with Crippen molar-refractivity contribution >= 4 is 21.8 Å². The second-order valence-corrected chi connectivity index (χ2v) is 6.26. The van der Waals surface area contributed by atoms with Crippen molar-refractivity contribution in [1.29, 1.82) is 0 Å². The topological polar surface area (TPSA) is 66.6 Å². The maximum atomic E-state index is 12.4. The van der Waals surface area contributed by atoms with E-state index in [0.717, 1.165) is 4.47 Å². The lowest BCUT2D eigenvalue weighted by Crippen LogP contribution is -2.42. The van der Waals surface area contributed by atoms with Crippen LogP contribution in [0.3, 0.4) is 0 Å². The number of rotatable bonds is 5. The Kier molecular flexibility index (Phi) is 5.38. The second kappa shape index (κ2) is 6.39. The summed E-state index contributed by atoms with van der Waals surface area (Å²) in [6.07, 6.45) is 0. The molecule has 0 fully saturated rings. The molecule has 0 unspecified atom stereocenters. The molecule has 0 heterocycles. The zero-order valence-corrected chi connectivity index (χ0v) is 13.2. The van der Waals surface area contributed by atoms with E-state index in [1.165, 1.54) is 6.07 Å². The summed E-state index contributed by atoms with van der Waals surface area (Å²) in [4.78, 5) is 14.1. The van der Waals surface area contributed by atoms with Gasteiger partial charge in [-0.3, -0.25) is 4.79 Å². The third-order valence-corrected chi connectivity index (χ3v) is 3.52. The summed E-state index contributed by atoms with van der Waals surface area (Å²) in [5.41, 5.74) is 5.88. The van der Waals surface area contributed by atoms with Crippen LogP contribution in [0.1, 0.15) is 31.1 Å². The number of aromatic hydroxyl groups is 1. The van der Waals surface area contributed by atoms with Crippen molar-refractivity contribution in [1.82, 2.24) is 4.90 Å². The molecule has 19 heavy (non-hydrogen) atoms. The van der Waals surface area contributed by atoms with Crippen molar-refractivity contribution in [2.45, 2.75) is 20.8 Å². The molecule has 0 saturated heterocycles. The van der Waals surface area contributed by atoms with Crippen LogP contribution in [-0.2, 0) is 0 Å². The standard InChI is InChI=1S/C14H21BrN2O2/c1-4-17(9-14(2,3)8-16)13(19)11-6-5-10(15)7-12(11)18/h5-7,18H,4,8-9,16H2,1-3H3. The number of phenolic OH excluding ortho intramolecular Hbond substituents is 1. The number of benzene rings is 1. The molecule has 0 aromatic heterocycles. The molecule has 0 aliphatic carbocycles. The molecule has 1 aromatic carbocycles. The maximum Gasteiger partial charge on any atom is 0.257 e. The lowest BCUT2D eigenvalue weighted by Gasteiger charge is -2.31. The van der Waals surface area contributed by atoms with Gasteiger partial charge in [0.15, 0.2) is 0 Å². The van der Waals surface area contributed by atoms with Gasteiger partial charge in [0.2, 0.25) is 0 Å². The number of nitrogens with zero attached hydrogens (tertiary/aromatic N) is 1. The van der Waals surface area contributed by atoms with E-state index in [-0.39, 0.29) is 17.1 Å². The predicted molar refractivity (Wildman–Crippen MR) is 80.2 cm³/mol. The number of phenols is 1. The quantitative estimate of drug-likeness (QED) is 0.873. The van der Waals surface area contributed by atoms with Crippen LogP contribution >= 0.6 is 15.9 Å². The highest BCUT2D eigenvalue weighted by Crippen LogP contribution is 2.25. The zero-order valence-electron chi connectivity index (χ0n) is 11.6. The van der Waals surface area contributed by atoms with E-state index in [9.17, 15) is 9.90 Å². The Hall–Kier alpha value is -1.07. The van der Waals surface area contributed by atoms with E-state index in [1.807, 2.05) is 20.8 Å². The normalized spacial score (nSPS) is 11.4. The van der Waals surface area contributed by atoms with Gasteiger partial charge in [0.25, 0.3) is 5.91 Å². The SMILES string of the molecule is CCN(CC(C)(C)CN)C(=O)c1ccc(Br)cc1O. The number of carbonyl (C=O) groups is 1. The van der Waals surface area contributed by atoms with Crippen LogP contribution in [0, 0.1) is 5.41 Å². The summed E-state index contributed by atoms with van der Waals surface area (Å²) in [6, 6.07) is 4.89. The third kappa shape index (κ3) is 4.21. The Morgan fingerprint density at radius 3 is 2.58 bits per heavy atom. The van der Waals surface area contributed by atoms with Crippen molar-refractivity contribution in [2.24, 2.45) is 11.1 Å². The van der Waals surface area contributed by atoms with Gasteiger partial charge in [-0.2, -0.15) is 0 Å². The van der Waals surface area contributed by atoms with Crippen molar-refractivity contribution in [3.8, 4) is 5.75 Å². The van der Waals surface area contributed by atoms with Crippen molar-refractivity contribution in [3.05, 3.63) is 28.2 Å². The van der Waals surface area contributed by atoms with Gasteiger partial charge in [-0.25, -0.2) is 0 Å². The molecule has 0 aliphatic rings. The fraction of sp³-hybridized carbons (Fsp3) is 0.500. The molecule has 0 spiro atoms. The summed E-state index contributed by atoms with van der Waals surface area (Å²) in [7, 11) is 0. The number of amides is 1. The van der Waals surface area contributed by atoms with Gasteiger partial charge < -0.3 is 15.7 Å². The van der Waals surface area contributed by atoms with Crippen LogP contribution in [0.15, 0.2) is 22.7 Å². The number of hydrogen-bond acceptors (Lipinski definition) is 3. The minimum atomic E-state index is -0.172. The van der Waals surface area contributed by atoms with Crippen LogP contribution in [-0.4, -0.2) is 35.5 Å². The molecule has 106 valence electrons. The molecule has 1 rings (SSSR count). The highest BCUT2D eigenvalue weighted by atomic mass is 79.9. The molecule has 0 aliphatic heterocycles. The van der Waals surface area contributed by atoms with Gasteiger partial charge in [-0.1, -0.05) is 29.8 Å². The molecule has 3 N–H and O–H groups in total. The fourth-order valence-corrected chi connectivity index (χ4v) is 2.11. The molecule has 4 nitrogen and oxygen atoms in total. The van der Waals surface area contributed by atoms with E-state index >= 15 is 0 Å². The van der Waals surface area contributed by atoms with Crippen LogP contribution < -0.4 is 5.73 Å². The second-order valence-electron chi connectivity index (χ2n) is 5.35. The zero-order chi connectivity index (χ0) is 14.6. The Morgan fingerprint density at radius 2 is 2.11 bits per heavy atom. The van der Waals surface area contributed by atoms with Crippen LogP contribution in [0.25, 0.3) is 0 Å². The predicted octanol–water partition coefficient (Wildman–Crippen LogP) is 2.60. The van der Waals surface area contributed by atoms with Gasteiger partial charge in [0, 0.05) is 17.6 Å². The number of carbonyl (C=O) groups excluding carboxylic acids is 1. The minimum Gasteiger partial charge on any atom is -0.507 e. The van der Waals surface area contributed by atoms with Gasteiger partial charge in [-0.05, 0) is 37.1 Å². The summed E-state index contributed by atoms with van der Waals surface area (Å²) in [5, 5.41) is 9.86. The molecule has 5 heteroatoms. The Bertz CT molecular complexity index is 461. The molecule has 0 radical (unpaired) electrons. The summed E-state index contributed by atoms with van der Waals surface area (Å²) < 4.78 is 0.742. The first kappa shape index (κ1) is 16.0. The van der Waals surface area contributed by atoms with E-state index in [1.54, 1.807) is 17.0 Å². The molecule has 1 aromatic rings. The molecule has 1 amide bonds. The summed E-state index contributed by atoms with van der Waals surface area (Å²) >= 11 is 3.26. The Balaban J connectivity index is 2.96. The highest BCUT2D eigenvalue weighted by molar-refractivity contribution is 9.10. The van der Waals surface area contributed by atoms with Crippen LogP contribution in [0.4, 0.5) is 0 Å². The lowest BCUT2D eigenvalue weighted by atomic mass is 9.93. The highest BCUT2D eigenvalue weighted by Gasteiger charge is 2.24. The Morgan fingerprint density at radius 1 is 1.47 bits per heavy atom. The number of hydrogen-bond donors (Lipinski definition) is 2. The van der Waals surface area contributed by atoms with Gasteiger partial charge in [0.1, 0.15) is 5.75 Å². The van der Waals surface area contributed by atoms with Crippen molar-refractivity contribution in [3.63, 3.8) is 0 Å². The summed E-state index contributed by atoms with van der Waals surface area (Å²) in [5.74, 6) is -0.183. The molecule has 0 atom stereocenters. The number of nitrogens with two attached hydrogens (primary N) is 1. The average molecular weight is 329 g/mol. The molecular weight excluding hydrogens is 308 g/mol. The monoisotopic (exact) mass is 328 g/mol. The van der Waals surface area contributed by atoms with Crippen LogP contribution in [0.2, 0.25) is 0 Å². The largest absolute Gasteiger partial charge is 0.507 e. The lowest BCUT2D eigenvalue weighted by molar-refractivity contribution is 0.0698. The van der Waals surface area contributed by atoms with Gasteiger partial charge in [-0.15, -0.1) is 0 Å². The minimum absolute atomic E-state index is 0.0108. The summed E-state index contributed by atoms with van der Waals surface area (Å²) in [6.45, 7) is 7.60. The first-order valence-electron chi connectivity index (χ1n) is 6.28. The maximum absolute atomic E-state index is 12.4. The van der Waals surface area contributed by atoms with Gasteiger partial charge in [0.05, 0.1) is 5.56 Å². The molecule has 0 bridgehead atoms. The first-order chi connectivity index (χ1) is 8.80. The van der Waals surface area contributed by atoms with E-state index in [2.05, 4.69) is 15.9 Å². The van der Waals surface area contributed by atoms with E-state index < -0.39 is 0 Å². The van der Waals surface area contributed by atoms with Crippen molar-refractivity contribution in [2.75, 3.05) is 19.6 Å². The fourth-order valence-electron chi connectivity index (χ4n) is 1.76. The van der Waals surface area contributed by atoms with Gasteiger partial charge >= 0.3 is 0 Å². The number of halogens is 1. The molecule has 0 saturated carbocycles. The van der Waals surface area contributed by atoms with Crippen LogP contribution in [0.5, 0.6) is 5.75 Å². The third-order valence-electron chi connectivity index (χ3n) is 3.03. The Labute approximate surface area is 122 Å².